The fourth-order valence-electron chi connectivity index (χ4n) is 3.17. The quantitative estimate of drug-likeness (QED) is 0.767. The topological polar surface area (TPSA) is 68.7 Å². The van der Waals surface area contributed by atoms with Crippen LogP contribution >= 0.6 is 11.3 Å². The number of likely N-dealkylation sites (tertiary alicyclic amines) is 1. The predicted octanol–water partition coefficient (Wildman–Crippen LogP) is 0.642. The van der Waals surface area contributed by atoms with E-state index in [1.54, 1.807) is 4.90 Å². The average Bonchev–Trinajstić information content (AvgIpc) is 3.11. The number of hydrogen-bond donors (Lipinski definition) is 0. The molecule has 0 aromatic carbocycles. The number of thiazole rings is 1. The zero-order valence-corrected chi connectivity index (χ0v) is 12.9. The molecule has 1 amide bonds. The van der Waals surface area contributed by atoms with Gasteiger partial charge in [-0.1, -0.05) is 0 Å². The molecule has 21 heavy (non-hydrogen) atoms. The summed E-state index contributed by atoms with van der Waals surface area (Å²) in [7, 11) is 1.38. The lowest BCUT2D eigenvalue weighted by Crippen LogP contribution is -2.41. The number of fused-ring (bicyclic) bond motifs is 1. The van der Waals surface area contributed by atoms with Crippen molar-refractivity contribution in [3.05, 3.63) is 16.1 Å². The molecule has 0 spiro atoms. The van der Waals surface area contributed by atoms with E-state index in [0.717, 1.165) is 10.7 Å². The van der Waals surface area contributed by atoms with Gasteiger partial charge in [-0.25, -0.2) is 4.98 Å². The highest BCUT2D eigenvalue weighted by molar-refractivity contribution is 7.09. The van der Waals surface area contributed by atoms with Crippen molar-refractivity contribution in [3.63, 3.8) is 0 Å². The summed E-state index contributed by atoms with van der Waals surface area (Å²) in [6.45, 7) is 3.70. The van der Waals surface area contributed by atoms with Gasteiger partial charge in [0.25, 0.3) is 0 Å². The third kappa shape index (κ3) is 2.44. The van der Waals surface area contributed by atoms with Crippen LogP contribution in [0, 0.1) is 18.3 Å². The number of aromatic nitrogens is 1. The fraction of sp³-hybridized carbons (Fsp3) is 0.643. The average molecular weight is 310 g/mol. The van der Waals surface area contributed by atoms with E-state index in [2.05, 4.69) is 4.98 Å². The number of esters is 1. The van der Waals surface area contributed by atoms with Crippen molar-refractivity contribution < 1.29 is 19.1 Å². The molecule has 6 nitrogen and oxygen atoms in total. The van der Waals surface area contributed by atoms with Gasteiger partial charge in [0.15, 0.2) is 0 Å². The summed E-state index contributed by atoms with van der Waals surface area (Å²) >= 11 is 1.54. The number of amides is 1. The van der Waals surface area contributed by atoms with Crippen LogP contribution < -0.4 is 0 Å². The second kappa shape index (κ2) is 5.38. The Bertz CT molecular complexity index is 573. The highest BCUT2D eigenvalue weighted by Crippen LogP contribution is 2.42. The Labute approximate surface area is 127 Å². The van der Waals surface area contributed by atoms with Crippen molar-refractivity contribution in [2.24, 2.45) is 11.3 Å². The minimum atomic E-state index is -0.678. The maximum Gasteiger partial charge on any atom is 0.316 e. The summed E-state index contributed by atoms with van der Waals surface area (Å²) in [5.41, 5.74) is 0.116. The van der Waals surface area contributed by atoms with E-state index in [-0.39, 0.29) is 24.2 Å². The third-order valence-corrected chi connectivity index (χ3v) is 5.14. The maximum atomic E-state index is 12.4. The molecular formula is C14H18N2O4S. The Morgan fingerprint density at radius 2 is 2.43 bits per heavy atom. The molecule has 1 aromatic rings. The molecule has 0 bridgehead atoms. The maximum absolute atomic E-state index is 12.4. The van der Waals surface area contributed by atoms with Crippen LogP contribution in [0.1, 0.15) is 10.7 Å². The van der Waals surface area contributed by atoms with Gasteiger partial charge in [0.05, 0.1) is 37.4 Å². The van der Waals surface area contributed by atoms with Crippen LogP contribution in [0.25, 0.3) is 0 Å². The molecule has 114 valence electrons. The van der Waals surface area contributed by atoms with Gasteiger partial charge in [0.1, 0.15) is 5.41 Å². The number of hydrogen-bond acceptors (Lipinski definition) is 6. The molecule has 1 aromatic heterocycles. The smallest absolute Gasteiger partial charge is 0.316 e. The number of carbonyl (C=O) groups excluding carboxylic acids is 2. The molecule has 0 N–H and O–H groups in total. The van der Waals surface area contributed by atoms with Crippen molar-refractivity contribution in [2.45, 2.75) is 13.3 Å². The lowest BCUT2D eigenvalue weighted by Gasteiger charge is -2.23. The molecule has 2 aliphatic rings. The van der Waals surface area contributed by atoms with Gasteiger partial charge in [-0.15, -0.1) is 11.3 Å². The van der Waals surface area contributed by atoms with Crippen LogP contribution in [-0.2, 0) is 25.5 Å². The lowest BCUT2D eigenvalue weighted by molar-refractivity contribution is -0.153. The second-order valence-electron chi connectivity index (χ2n) is 5.67. The van der Waals surface area contributed by atoms with Crippen LogP contribution in [0.5, 0.6) is 0 Å². The summed E-state index contributed by atoms with van der Waals surface area (Å²) < 4.78 is 10.4. The molecule has 2 fully saturated rings. The zero-order chi connectivity index (χ0) is 15.0. The molecule has 3 rings (SSSR count). The monoisotopic (exact) mass is 310 g/mol. The summed E-state index contributed by atoms with van der Waals surface area (Å²) in [5, 5.41) is 2.86. The first-order valence-electron chi connectivity index (χ1n) is 6.90. The van der Waals surface area contributed by atoms with Crippen LogP contribution in [-0.4, -0.2) is 55.2 Å². The van der Waals surface area contributed by atoms with Crippen LogP contribution in [0.4, 0.5) is 0 Å². The van der Waals surface area contributed by atoms with Gasteiger partial charge in [0, 0.05) is 24.4 Å². The van der Waals surface area contributed by atoms with E-state index >= 15 is 0 Å². The second-order valence-corrected chi connectivity index (χ2v) is 6.73. The Kier molecular flexibility index (Phi) is 3.71. The third-order valence-electron chi connectivity index (χ3n) is 4.32. The molecule has 0 radical (unpaired) electrons. The van der Waals surface area contributed by atoms with Crippen LogP contribution in [0.2, 0.25) is 0 Å². The minimum Gasteiger partial charge on any atom is -0.468 e. The Hall–Kier alpha value is -1.47. The summed E-state index contributed by atoms with van der Waals surface area (Å²) in [4.78, 5) is 30.6. The highest BCUT2D eigenvalue weighted by Gasteiger charge is 2.57. The van der Waals surface area contributed by atoms with Crippen molar-refractivity contribution >= 4 is 23.2 Å². The van der Waals surface area contributed by atoms with Crippen LogP contribution in [0.15, 0.2) is 5.38 Å². The van der Waals surface area contributed by atoms with Crippen molar-refractivity contribution in [1.29, 1.82) is 0 Å². The van der Waals surface area contributed by atoms with E-state index in [9.17, 15) is 9.59 Å². The van der Waals surface area contributed by atoms with Crippen molar-refractivity contribution in [3.8, 4) is 0 Å². The normalized spacial score (nSPS) is 27.7. The van der Waals surface area contributed by atoms with Gasteiger partial charge in [-0.05, 0) is 6.92 Å². The van der Waals surface area contributed by atoms with Gasteiger partial charge >= 0.3 is 5.97 Å². The number of methoxy groups -OCH3 is 1. The molecular weight excluding hydrogens is 292 g/mol. The predicted molar refractivity (Wildman–Crippen MR) is 75.9 cm³/mol. The van der Waals surface area contributed by atoms with Gasteiger partial charge in [0.2, 0.25) is 5.91 Å². The first kappa shape index (κ1) is 14.5. The molecule has 2 atom stereocenters. The number of carbonyl (C=O) groups is 2. The SMILES string of the molecule is COC(=O)[C@@]12COC[C@@H]1CN(C(=O)Cc1csc(C)n1)C2. The summed E-state index contributed by atoms with van der Waals surface area (Å²) in [5.74, 6) is -0.228. The molecule has 2 aliphatic heterocycles. The first-order valence-corrected chi connectivity index (χ1v) is 7.78. The van der Waals surface area contributed by atoms with Crippen LogP contribution in [0.3, 0.4) is 0 Å². The highest BCUT2D eigenvalue weighted by atomic mass is 32.1. The van der Waals surface area contributed by atoms with E-state index in [1.165, 1.54) is 18.4 Å². The van der Waals surface area contributed by atoms with E-state index in [0.29, 0.717) is 26.3 Å². The number of nitrogens with zero attached hydrogens (tertiary/aromatic N) is 2. The van der Waals surface area contributed by atoms with E-state index in [4.69, 9.17) is 9.47 Å². The summed E-state index contributed by atoms with van der Waals surface area (Å²) in [6, 6.07) is 0. The standard InChI is InChI=1S/C14H18N2O4S/c1-9-15-11(6-21-9)3-12(17)16-4-10-5-20-8-14(10,7-16)13(18)19-2/h6,10H,3-5,7-8H2,1-2H3/t10-,14-/m0/s1. The van der Waals surface area contributed by atoms with Gasteiger partial charge < -0.3 is 14.4 Å². The molecule has 0 unspecified atom stereocenters. The molecule has 2 saturated heterocycles. The fourth-order valence-corrected chi connectivity index (χ4v) is 3.79. The molecule has 7 heteroatoms. The van der Waals surface area contributed by atoms with Gasteiger partial charge in [-0.3, -0.25) is 9.59 Å². The van der Waals surface area contributed by atoms with Crippen molar-refractivity contribution in [1.82, 2.24) is 9.88 Å². The van der Waals surface area contributed by atoms with Crippen molar-refractivity contribution in [2.75, 3.05) is 33.4 Å². The number of aryl methyl sites for hydroxylation is 1. The molecule has 0 saturated carbocycles. The zero-order valence-electron chi connectivity index (χ0n) is 12.1. The largest absolute Gasteiger partial charge is 0.468 e. The van der Waals surface area contributed by atoms with Gasteiger partial charge in [-0.2, -0.15) is 0 Å². The first-order chi connectivity index (χ1) is 10.0. The van der Waals surface area contributed by atoms with E-state index < -0.39 is 5.41 Å². The lowest BCUT2D eigenvalue weighted by atomic mass is 9.81. The summed E-state index contributed by atoms with van der Waals surface area (Å²) in [6.07, 6.45) is 0.287. The van der Waals surface area contributed by atoms with E-state index in [1.807, 2.05) is 12.3 Å². The Morgan fingerprint density at radius 1 is 1.62 bits per heavy atom. The minimum absolute atomic E-state index is 0.0120. The molecule has 3 heterocycles. The number of rotatable bonds is 3. The Balaban J connectivity index is 1.71. The molecule has 0 aliphatic carbocycles. The number of ether oxygens (including phenoxy) is 2. The Morgan fingerprint density at radius 3 is 3.10 bits per heavy atom.